The van der Waals surface area contributed by atoms with Gasteiger partial charge in [-0.2, -0.15) is 4.31 Å². The number of hydrogen-bond acceptors (Lipinski definition) is 4. The molecule has 0 fully saturated rings. The minimum Gasteiger partial charge on any atom is -0.354 e. The van der Waals surface area contributed by atoms with Gasteiger partial charge in [-0.1, -0.05) is 103 Å². The SMILES string of the molecule is CCCCNC(=O)[C@@H](Cc1ccccc1)N(Cc1ccc(Cl)c(Cl)c1)C(=O)CN(C)S(=O)(=O)c1ccc2ccccc2c1. The highest BCUT2D eigenvalue weighted by Gasteiger charge is 2.33. The Morgan fingerprint density at radius 1 is 0.837 bits per heavy atom. The number of carbonyl (C=O) groups is 2. The number of benzene rings is 4. The van der Waals surface area contributed by atoms with E-state index in [0.717, 1.165) is 33.5 Å². The quantitative estimate of drug-likeness (QED) is 0.173. The first-order valence-electron chi connectivity index (χ1n) is 14.1. The van der Waals surface area contributed by atoms with E-state index in [9.17, 15) is 18.0 Å². The number of rotatable bonds is 13. The van der Waals surface area contributed by atoms with Gasteiger partial charge in [-0.3, -0.25) is 9.59 Å². The van der Waals surface area contributed by atoms with Crippen molar-refractivity contribution >= 4 is 55.8 Å². The number of hydrogen-bond donors (Lipinski definition) is 1. The molecule has 0 unspecified atom stereocenters. The lowest BCUT2D eigenvalue weighted by Crippen LogP contribution is -2.53. The maximum atomic E-state index is 14.0. The summed E-state index contributed by atoms with van der Waals surface area (Å²) in [5.41, 5.74) is 1.52. The molecule has 0 aromatic heterocycles. The van der Waals surface area contributed by atoms with Crippen LogP contribution in [0.4, 0.5) is 0 Å². The Labute approximate surface area is 263 Å². The molecule has 7 nitrogen and oxygen atoms in total. The van der Waals surface area contributed by atoms with Crippen molar-refractivity contribution in [3.05, 3.63) is 112 Å². The first-order valence-corrected chi connectivity index (χ1v) is 16.3. The molecule has 2 amide bonds. The van der Waals surface area contributed by atoms with Crippen molar-refractivity contribution in [2.45, 2.75) is 43.7 Å². The van der Waals surface area contributed by atoms with Gasteiger partial charge in [0.2, 0.25) is 21.8 Å². The maximum Gasteiger partial charge on any atom is 0.243 e. The van der Waals surface area contributed by atoms with E-state index in [4.69, 9.17) is 23.2 Å². The molecular formula is C33H35Cl2N3O4S. The average molecular weight is 641 g/mol. The second kappa shape index (κ2) is 14.8. The third kappa shape index (κ3) is 8.36. The molecule has 1 atom stereocenters. The summed E-state index contributed by atoms with van der Waals surface area (Å²) in [6, 6.07) is 25.8. The molecule has 0 aliphatic rings. The maximum absolute atomic E-state index is 14.0. The number of nitrogens with one attached hydrogen (secondary N) is 1. The van der Waals surface area contributed by atoms with Gasteiger partial charge in [0.1, 0.15) is 6.04 Å². The zero-order valence-corrected chi connectivity index (χ0v) is 26.5. The third-order valence-electron chi connectivity index (χ3n) is 7.22. The molecular weight excluding hydrogens is 605 g/mol. The fourth-order valence-corrected chi connectivity index (χ4v) is 6.25. The first kappa shape index (κ1) is 32.5. The Hall–Kier alpha value is -3.43. The van der Waals surface area contributed by atoms with Gasteiger partial charge in [0.15, 0.2) is 0 Å². The highest BCUT2D eigenvalue weighted by atomic mass is 35.5. The van der Waals surface area contributed by atoms with Crippen molar-refractivity contribution < 1.29 is 18.0 Å². The number of unbranched alkanes of at least 4 members (excludes halogenated alkanes) is 1. The van der Waals surface area contributed by atoms with Crippen molar-refractivity contribution in [2.24, 2.45) is 0 Å². The minimum atomic E-state index is -4.02. The monoisotopic (exact) mass is 639 g/mol. The van der Waals surface area contributed by atoms with Gasteiger partial charge in [-0.05, 0) is 52.6 Å². The van der Waals surface area contributed by atoms with E-state index < -0.39 is 28.5 Å². The van der Waals surface area contributed by atoms with Crippen LogP contribution >= 0.6 is 23.2 Å². The Bertz CT molecular complexity index is 1680. The summed E-state index contributed by atoms with van der Waals surface area (Å²) < 4.78 is 28.2. The molecule has 0 heterocycles. The number of sulfonamides is 1. The van der Waals surface area contributed by atoms with Crippen LogP contribution in [0.3, 0.4) is 0 Å². The van der Waals surface area contributed by atoms with Crippen molar-refractivity contribution in [3.63, 3.8) is 0 Å². The molecule has 0 saturated heterocycles. The molecule has 0 aliphatic carbocycles. The number of halogens is 2. The van der Waals surface area contributed by atoms with E-state index in [1.54, 1.807) is 30.3 Å². The molecule has 43 heavy (non-hydrogen) atoms. The van der Waals surface area contributed by atoms with Crippen molar-refractivity contribution in [1.29, 1.82) is 0 Å². The van der Waals surface area contributed by atoms with Gasteiger partial charge in [0.05, 0.1) is 21.5 Å². The topological polar surface area (TPSA) is 86.8 Å². The van der Waals surface area contributed by atoms with Gasteiger partial charge < -0.3 is 10.2 Å². The van der Waals surface area contributed by atoms with Crippen LogP contribution in [-0.2, 0) is 32.6 Å². The number of nitrogens with zero attached hydrogens (tertiary/aromatic N) is 2. The number of carbonyl (C=O) groups excluding carboxylic acids is 2. The second-order valence-corrected chi connectivity index (χ2v) is 13.2. The Kier molecular flexibility index (Phi) is 11.2. The Balaban J connectivity index is 1.67. The first-order chi connectivity index (χ1) is 20.6. The van der Waals surface area contributed by atoms with Crippen LogP contribution in [0.2, 0.25) is 10.0 Å². The van der Waals surface area contributed by atoms with E-state index in [1.165, 1.54) is 18.0 Å². The predicted octanol–water partition coefficient (Wildman–Crippen LogP) is 6.32. The normalized spacial score (nSPS) is 12.3. The minimum absolute atomic E-state index is 0.0261. The molecule has 10 heteroatoms. The molecule has 1 N–H and O–H groups in total. The fraction of sp³-hybridized carbons (Fsp3) is 0.273. The standard InChI is InChI=1S/C33H35Cl2N3O4S/c1-3-4-18-36-33(40)31(20-24-10-6-5-7-11-24)38(22-25-14-17-29(34)30(35)19-25)32(39)23-37(2)43(41,42)28-16-15-26-12-8-9-13-27(26)21-28/h5-17,19,21,31H,3-4,18,20,22-23H2,1-2H3,(H,36,40)/t31-/m1/s1. The van der Waals surface area contributed by atoms with Crippen LogP contribution in [0, 0.1) is 0 Å². The lowest BCUT2D eigenvalue weighted by atomic mass is 10.0. The molecule has 0 spiro atoms. The molecule has 0 aliphatic heterocycles. The van der Waals surface area contributed by atoms with Gasteiger partial charge in [0.25, 0.3) is 0 Å². The van der Waals surface area contributed by atoms with Gasteiger partial charge in [0, 0.05) is 26.6 Å². The lowest BCUT2D eigenvalue weighted by Gasteiger charge is -2.33. The van der Waals surface area contributed by atoms with Crippen molar-refractivity contribution in [1.82, 2.24) is 14.5 Å². The molecule has 0 saturated carbocycles. The van der Waals surface area contributed by atoms with Crippen LogP contribution < -0.4 is 5.32 Å². The number of amides is 2. The summed E-state index contributed by atoms with van der Waals surface area (Å²) in [4.78, 5) is 29.2. The highest BCUT2D eigenvalue weighted by molar-refractivity contribution is 7.89. The lowest BCUT2D eigenvalue weighted by molar-refractivity contribution is -0.141. The van der Waals surface area contributed by atoms with Crippen molar-refractivity contribution in [2.75, 3.05) is 20.1 Å². The van der Waals surface area contributed by atoms with Crippen LogP contribution in [0.25, 0.3) is 10.8 Å². The zero-order valence-electron chi connectivity index (χ0n) is 24.2. The zero-order chi connectivity index (χ0) is 31.0. The van der Waals surface area contributed by atoms with Crippen LogP contribution in [0.5, 0.6) is 0 Å². The second-order valence-electron chi connectivity index (χ2n) is 10.4. The van der Waals surface area contributed by atoms with E-state index in [0.29, 0.717) is 22.2 Å². The molecule has 4 aromatic rings. The fourth-order valence-electron chi connectivity index (χ4n) is 4.77. The van der Waals surface area contributed by atoms with Gasteiger partial charge >= 0.3 is 0 Å². The van der Waals surface area contributed by atoms with E-state index in [2.05, 4.69) is 5.32 Å². The van der Waals surface area contributed by atoms with Gasteiger partial charge in [-0.25, -0.2) is 8.42 Å². The summed E-state index contributed by atoms with van der Waals surface area (Å²) in [7, 11) is -2.65. The molecule has 0 radical (unpaired) electrons. The van der Waals surface area contributed by atoms with Crippen molar-refractivity contribution in [3.8, 4) is 0 Å². The largest absolute Gasteiger partial charge is 0.354 e. The summed E-state index contributed by atoms with van der Waals surface area (Å²) in [5.74, 6) is -0.838. The number of fused-ring (bicyclic) bond motifs is 1. The van der Waals surface area contributed by atoms with E-state index in [-0.39, 0.29) is 23.8 Å². The highest BCUT2D eigenvalue weighted by Crippen LogP contribution is 2.25. The van der Waals surface area contributed by atoms with Gasteiger partial charge in [-0.15, -0.1) is 0 Å². The van der Waals surface area contributed by atoms with Crippen LogP contribution in [0.15, 0.2) is 95.9 Å². The molecule has 4 rings (SSSR count). The average Bonchev–Trinajstić information content (AvgIpc) is 3.00. The van der Waals surface area contributed by atoms with Crippen LogP contribution in [-0.4, -0.2) is 55.6 Å². The summed E-state index contributed by atoms with van der Waals surface area (Å²) in [6.07, 6.45) is 1.93. The molecule has 4 aromatic carbocycles. The summed E-state index contributed by atoms with van der Waals surface area (Å²) in [5, 5.41) is 5.32. The van der Waals surface area contributed by atoms with E-state index >= 15 is 0 Å². The Morgan fingerprint density at radius 2 is 1.53 bits per heavy atom. The summed E-state index contributed by atoms with van der Waals surface area (Å²) in [6.45, 7) is 2.05. The van der Waals surface area contributed by atoms with Crippen LogP contribution in [0.1, 0.15) is 30.9 Å². The molecule has 0 bridgehead atoms. The Morgan fingerprint density at radius 3 is 2.23 bits per heavy atom. The smallest absolute Gasteiger partial charge is 0.243 e. The number of likely N-dealkylation sites (N-methyl/N-ethyl adjacent to an activating group) is 1. The van der Waals surface area contributed by atoms with E-state index in [1.807, 2.05) is 61.5 Å². The predicted molar refractivity (Wildman–Crippen MR) is 173 cm³/mol. The molecule has 226 valence electrons. The summed E-state index contributed by atoms with van der Waals surface area (Å²) >= 11 is 12.4. The third-order valence-corrected chi connectivity index (χ3v) is 9.76.